The SMILES string of the molecule is CC(C)C(NC(=O)C(=O)N(CCO)CCc1ccccc1)c1ccc(F)c(F)c1. The summed E-state index contributed by atoms with van der Waals surface area (Å²) in [5.74, 6) is -3.78. The van der Waals surface area contributed by atoms with Gasteiger partial charge in [0.15, 0.2) is 11.6 Å². The smallest absolute Gasteiger partial charge is 0.311 e. The summed E-state index contributed by atoms with van der Waals surface area (Å²) in [6.07, 6.45) is 0.538. The van der Waals surface area contributed by atoms with Crippen LogP contribution in [0.3, 0.4) is 0 Å². The van der Waals surface area contributed by atoms with E-state index >= 15 is 0 Å². The van der Waals surface area contributed by atoms with Gasteiger partial charge in [0, 0.05) is 13.1 Å². The zero-order chi connectivity index (χ0) is 21.4. The lowest BCUT2D eigenvalue weighted by atomic mass is 9.95. The van der Waals surface area contributed by atoms with E-state index < -0.39 is 29.5 Å². The van der Waals surface area contributed by atoms with Crippen LogP contribution in [0.25, 0.3) is 0 Å². The molecule has 0 saturated carbocycles. The number of carbonyl (C=O) groups excluding carboxylic acids is 2. The van der Waals surface area contributed by atoms with Gasteiger partial charge >= 0.3 is 11.8 Å². The van der Waals surface area contributed by atoms with E-state index in [0.717, 1.165) is 17.7 Å². The van der Waals surface area contributed by atoms with E-state index in [2.05, 4.69) is 5.32 Å². The molecule has 156 valence electrons. The van der Waals surface area contributed by atoms with Crippen molar-refractivity contribution in [3.8, 4) is 0 Å². The number of hydrogen-bond acceptors (Lipinski definition) is 3. The van der Waals surface area contributed by atoms with Crippen molar-refractivity contribution in [1.82, 2.24) is 10.2 Å². The van der Waals surface area contributed by atoms with Crippen LogP contribution in [0, 0.1) is 17.6 Å². The highest BCUT2D eigenvalue weighted by molar-refractivity contribution is 6.35. The first-order chi connectivity index (χ1) is 13.8. The van der Waals surface area contributed by atoms with Crippen molar-refractivity contribution in [1.29, 1.82) is 0 Å². The van der Waals surface area contributed by atoms with Crippen LogP contribution in [0.2, 0.25) is 0 Å². The number of hydrogen-bond donors (Lipinski definition) is 2. The minimum absolute atomic E-state index is 0.0244. The Kier molecular flexibility index (Phi) is 8.27. The van der Waals surface area contributed by atoms with Crippen LogP contribution in [-0.2, 0) is 16.0 Å². The van der Waals surface area contributed by atoms with Gasteiger partial charge in [-0.15, -0.1) is 0 Å². The van der Waals surface area contributed by atoms with Crippen molar-refractivity contribution in [3.05, 3.63) is 71.3 Å². The lowest BCUT2D eigenvalue weighted by molar-refractivity contribution is -0.146. The van der Waals surface area contributed by atoms with E-state index in [1.165, 1.54) is 11.0 Å². The molecule has 0 bridgehead atoms. The van der Waals surface area contributed by atoms with E-state index in [4.69, 9.17) is 0 Å². The number of rotatable bonds is 8. The van der Waals surface area contributed by atoms with Crippen LogP contribution in [-0.4, -0.2) is 41.5 Å². The largest absolute Gasteiger partial charge is 0.395 e. The summed E-state index contributed by atoms with van der Waals surface area (Å²) >= 11 is 0. The van der Waals surface area contributed by atoms with Gasteiger partial charge in [-0.25, -0.2) is 8.78 Å². The van der Waals surface area contributed by atoms with Gasteiger partial charge in [-0.3, -0.25) is 9.59 Å². The van der Waals surface area contributed by atoms with Crippen LogP contribution in [0.1, 0.15) is 31.0 Å². The molecular formula is C22H26F2N2O3. The maximum absolute atomic E-state index is 13.6. The summed E-state index contributed by atoms with van der Waals surface area (Å²) in [7, 11) is 0. The van der Waals surface area contributed by atoms with Gasteiger partial charge in [-0.2, -0.15) is 0 Å². The lowest BCUT2D eigenvalue weighted by Crippen LogP contribution is -2.46. The summed E-state index contributed by atoms with van der Waals surface area (Å²) < 4.78 is 26.8. The standard InChI is InChI=1S/C22H26F2N2O3/c1-15(2)20(17-8-9-18(23)19(24)14-17)25-21(28)22(29)26(12-13-27)11-10-16-6-4-3-5-7-16/h3-9,14-15,20,27H,10-13H2,1-2H3,(H,25,28). The molecule has 0 aromatic heterocycles. The van der Waals surface area contributed by atoms with Gasteiger partial charge in [0.25, 0.3) is 0 Å². The Morgan fingerprint density at radius 3 is 2.31 bits per heavy atom. The predicted octanol–water partition coefficient (Wildman–Crippen LogP) is 2.84. The Hall–Kier alpha value is -2.80. The summed E-state index contributed by atoms with van der Waals surface area (Å²) in [6.45, 7) is 3.63. The van der Waals surface area contributed by atoms with Crippen molar-refractivity contribution in [2.75, 3.05) is 19.7 Å². The number of amides is 2. The summed E-state index contributed by atoms with van der Waals surface area (Å²) in [5.41, 5.74) is 1.38. The highest BCUT2D eigenvalue weighted by atomic mass is 19.2. The highest BCUT2D eigenvalue weighted by Gasteiger charge is 2.26. The van der Waals surface area contributed by atoms with E-state index in [1.54, 1.807) is 13.8 Å². The minimum Gasteiger partial charge on any atom is -0.395 e. The highest BCUT2D eigenvalue weighted by Crippen LogP contribution is 2.23. The summed E-state index contributed by atoms with van der Waals surface area (Å²) in [6, 6.07) is 12.2. The lowest BCUT2D eigenvalue weighted by Gasteiger charge is -2.26. The average molecular weight is 404 g/mol. The monoisotopic (exact) mass is 404 g/mol. The first-order valence-electron chi connectivity index (χ1n) is 9.53. The quantitative estimate of drug-likeness (QED) is 0.665. The van der Waals surface area contributed by atoms with Gasteiger partial charge < -0.3 is 15.3 Å². The fourth-order valence-electron chi connectivity index (χ4n) is 3.03. The molecule has 2 rings (SSSR count). The van der Waals surface area contributed by atoms with Crippen LogP contribution in [0.4, 0.5) is 8.78 Å². The molecule has 0 aliphatic rings. The molecule has 2 aromatic carbocycles. The summed E-state index contributed by atoms with van der Waals surface area (Å²) in [5, 5.41) is 11.9. The van der Waals surface area contributed by atoms with Gasteiger partial charge in [-0.05, 0) is 35.6 Å². The van der Waals surface area contributed by atoms with Crippen LogP contribution >= 0.6 is 0 Å². The fourth-order valence-corrected chi connectivity index (χ4v) is 3.03. The number of aliphatic hydroxyl groups excluding tert-OH is 1. The molecule has 0 aliphatic heterocycles. The molecule has 5 nitrogen and oxygen atoms in total. The van der Waals surface area contributed by atoms with Crippen molar-refractivity contribution in [2.45, 2.75) is 26.3 Å². The molecule has 0 radical (unpaired) electrons. The van der Waals surface area contributed by atoms with E-state index in [1.807, 2.05) is 30.3 Å². The van der Waals surface area contributed by atoms with Crippen molar-refractivity contribution in [3.63, 3.8) is 0 Å². The molecule has 7 heteroatoms. The molecule has 0 heterocycles. The van der Waals surface area contributed by atoms with E-state index in [-0.39, 0.29) is 25.6 Å². The first-order valence-corrected chi connectivity index (χ1v) is 9.53. The molecule has 29 heavy (non-hydrogen) atoms. The number of carbonyl (C=O) groups is 2. The number of aliphatic hydroxyl groups is 1. The maximum Gasteiger partial charge on any atom is 0.311 e. The van der Waals surface area contributed by atoms with Gasteiger partial charge in [0.05, 0.1) is 12.6 Å². The number of benzene rings is 2. The first kappa shape index (κ1) is 22.5. The third kappa shape index (κ3) is 6.35. The zero-order valence-electron chi connectivity index (χ0n) is 16.6. The van der Waals surface area contributed by atoms with Crippen LogP contribution in [0.5, 0.6) is 0 Å². The van der Waals surface area contributed by atoms with Gasteiger partial charge in [-0.1, -0.05) is 50.2 Å². The third-order valence-corrected chi connectivity index (χ3v) is 4.62. The van der Waals surface area contributed by atoms with Crippen molar-refractivity contribution >= 4 is 11.8 Å². The second-order valence-corrected chi connectivity index (χ2v) is 7.12. The molecule has 0 saturated heterocycles. The molecule has 2 amide bonds. The van der Waals surface area contributed by atoms with Crippen molar-refractivity contribution in [2.24, 2.45) is 5.92 Å². The number of nitrogens with one attached hydrogen (secondary N) is 1. The second kappa shape index (κ2) is 10.7. The number of nitrogens with zero attached hydrogens (tertiary/aromatic N) is 1. The predicted molar refractivity (Wildman–Crippen MR) is 106 cm³/mol. The molecule has 0 aliphatic carbocycles. The maximum atomic E-state index is 13.6. The third-order valence-electron chi connectivity index (χ3n) is 4.62. The Morgan fingerprint density at radius 2 is 1.72 bits per heavy atom. The van der Waals surface area contributed by atoms with Gasteiger partial charge in [0.1, 0.15) is 0 Å². The Balaban J connectivity index is 2.09. The minimum atomic E-state index is -1.02. The molecule has 2 N–H and O–H groups in total. The fraction of sp³-hybridized carbons (Fsp3) is 0.364. The molecule has 0 spiro atoms. The van der Waals surface area contributed by atoms with Crippen LogP contribution in [0.15, 0.2) is 48.5 Å². The van der Waals surface area contributed by atoms with Gasteiger partial charge in [0.2, 0.25) is 0 Å². The van der Waals surface area contributed by atoms with E-state index in [0.29, 0.717) is 12.0 Å². The second-order valence-electron chi connectivity index (χ2n) is 7.12. The molecule has 0 fully saturated rings. The Bertz CT molecular complexity index is 828. The van der Waals surface area contributed by atoms with Crippen LogP contribution < -0.4 is 5.32 Å². The summed E-state index contributed by atoms with van der Waals surface area (Å²) in [4.78, 5) is 26.5. The zero-order valence-corrected chi connectivity index (χ0v) is 16.6. The molecule has 1 unspecified atom stereocenters. The van der Waals surface area contributed by atoms with Crippen molar-refractivity contribution < 1.29 is 23.5 Å². The molecule has 2 aromatic rings. The topological polar surface area (TPSA) is 69.6 Å². The molecule has 1 atom stereocenters. The Labute approximate surface area is 169 Å². The number of halogens is 2. The Morgan fingerprint density at radius 1 is 1.03 bits per heavy atom. The normalized spacial score (nSPS) is 11.9. The average Bonchev–Trinajstić information content (AvgIpc) is 2.71. The molecular weight excluding hydrogens is 378 g/mol. The van der Waals surface area contributed by atoms with E-state index in [9.17, 15) is 23.5 Å².